The summed E-state index contributed by atoms with van der Waals surface area (Å²) < 4.78 is 0. The number of nitrogens with zero attached hydrogens (tertiary/aromatic N) is 2. The molecule has 114 valence electrons. The quantitative estimate of drug-likeness (QED) is 0.449. The van der Waals surface area contributed by atoms with E-state index < -0.39 is 4.92 Å². The fourth-order valence-electron chi connectivity index (χ4n) is 2.15. The number of nitro benzene ring substituents is 1. The summed E-state index contributed by atoms with van der Waals surface area (Å²) in [7, 11) is 0. The highest BCUT2D eigenvalue weighted by Crippen LogP contribution is 2.31. The van der Waals surface area contributed by atoms with Gasteiger partial charge in [-0.15, -0.1) is 0 Å². The Morgan fingerprint density at radius 2 is 1.74 bits per heavy atom. The van der Waals surface area contributed by atoms with Gasteiger partial charge in [-0.25, -0.2) is 4.98 Å². The Kier molecular flexibility index (Phi) is 3.86. The molecule has 0 unspecified atom stereocenters. The van der Waals surface area contributed by atoms with Crippen LogP contribution in [-0.4, -0.2) is 15.7 Å². The van der Waals surface area contributed by atoms with E-state index in [9.17, 15) is 14.9 Å². The summed E-state index contributed by atoms with van der Waals surface area (Å²) in [5.74, 6) is -0.257. The van der Waals surface area contributed by atoms with Gasteiger partial charge in [-0.2, -0.15) is 0 Å². The third kappa shape index (κ3) is 2.95. The number of carbonyl (C=O) groups excluding carboxylic acids is 1. The molecule has 0 saturated heterocycles. The first kappa shape index (κ1) is 14.9. The molecule has 0 amide bonds. The van der Waals surface area contributed by atoms with Crippen molar-refractivity contribution in [3.63, 3.8) is 0 Å². The minimum absolute atomic E-state index is 0.0614. The van der Waals surface area contributed by atoms with E-state index in [1.807, 2.05) is 30.3 Å². The second kappa shape index (κ2) is 5.98. The van der Waals surface area contributed by atoms with Gasteiger partial charge in [0.05, 0.1) is 10.6 Å². The van der Waals surface area contributed by atoms with Gasteiger partial charge in [-0.05, 0) is 12.1 Å². The van der Waals surface area contributed by atoms with E-state index in [1.165, 1.54) is 24.3 Å². The van der Waals surface area contributed by atoms with Crippen molar-refractivity contribution in [3.05, 3.63) is 75.2 Å². The van der Waals surface area contributed by atoms with Crippen molar-refractivity contribution in [2.75, 3.05) is 5.73 Å². The fraction of sp³-hybridized carbons (Fsp3) is 0. The smallest absolute Gasteiger partial charge is 0.269 e. The van der Waals surface area contributed by atoms with Crippen LogP contribution in [-0.2, 0) is 0 Å². The van der Waals surface area contributed by atoms with E-state index in [0.717, 1.165) is 16.9 Å². The van der Waals surface area contributed by atoms with Gasteiger partial charge in [0.15, 0.2) is 5.13 Å². The molecule has 1 heterocycles. The Hall–Kier alpha value is -3.06. The molecule has 0 fully saturated rings. The number of non-ortho nitro benzene ring substituents is 1. The van der Waals surface area contributed by atoms with E-state index in [1.54, 1.807) is 0 Å². The number of hydrogen-bond donors (Lipinski definition) is 1. The van der Waals surface area contributed by atoms with Crippen LogP contribution in [0.3, 0.4) is 0 Å². The highest BCUT2D eigenvalue weighted by Gasteiger charge is 2.20. The summed E-state index contributed by atoms with van der Waals surface area (Å²) >= 11 is 1.11. The van der Waals surface area contributed by atoms with Gasteiger partial charge in [0.2, 0.25) is 5.78 Å². The number of anilines is 1. The zero-order valence-electron chi connectivity index (χ0n) is 11.8. The molecular weight excluding hydrogens is 314 g/mol. The number of nitrogens with two attached hydrogens (primary N) is 1. The van der Waals surface area contributed by atoms with Crippen LogP contribution < -0.4 is 5.73 Å². The van der Waals surface area contributed by atoms with Gasteiger partial charge in [0.25, 0.3) is 5.69 Å². The lowest BCUT2D eigenvalue weighted by Gasteiger charge is -2.02. The number of ketones is 1. The third-order valence-electron chi connectivity index (χ3n) is 3.24. The Morgan fingerprint density at radius 3 is 2.35 bits per heavy atom. The molecule has 2 N–H and O–H groups in total. The molecule has 3 rings (SSSR count). The van der Waals surface area contributed by atoms with Gasteiger partial charge in [-0.1, -0.05) is 41.7 Å². The van der Waals surface area contributed by atoms with Gasteiger partial charge in [-0.3, -0.25) is 14.9 Å². The highest BCUT2D eigenvalue weighted by molar-refractivity contribution is 7.18. The molecule has 23 heavy (non-hydrogen) atoms. The Bertz CT molecular complexity index is 873. The molecular formula is C16H11N3O3S. The van der Waals surface area contributed by atoms with Crippen LogP contribution >= 0.6 is 11.3 Å². The molecule has 0 aliphatic rings. The molecule has 1 aromatic heterocycles. The summed E-state index contributed by atoms with van der Waals surface area (Å²) in [6.45, 7) is 0. The monoisotopic (exact) mass is 325 g/mol. The summed E-state index contributed by atoms with van der Waals surface area (Å²) in [5.41, 5.74) is 7.38. The number of rotatable bonds is 4. The SMILES string of the molecule is Nc1nc(-c2ccccc2)c(C(=O)c2ccc([N+](=O)[O-])cc2)s1. The first-order valence-corrected chi connectivity index (χ1v) is 7.49. The molecule has 7 heteroatoms. The second-order valence-electron chi connectivity index (χ2n) is 4.73. The molecule has 0 atom stereocenters. The van der Waals surface area contributed by atoms with Crippen LogP contribution in [0.15, 0.2) is 54.6 Å². The minimum Gasteiger partial charge on any atom is -0.375 e. The topological polar surface area (TPSA) is 99.1 Å². The molecule has 0 saturated carbocycles. The van der Waals surface area contributed by atoms with Crippen molar-refractivity contribution < 1.29 is 9.72 Å². The Morgan fingerprint density at radius 1 is 1.09 bits per heavy atom. The number of carbonyl (C=O) groups is 1. The summed E-state index contributed by atoms with van der Waals surface area (Å²) in [6, 6.07) is 14.8. The van der Waals surface area contributed by atoms with Crippen LogP contribution in [0.1, 0.15) is 15.2 Å². The van der Waals surface area contributed by atoms with E-state index in [0.29, 0.717) is 21.3 Å². The van der Waals surface area contributed by atoms with Gasteiger partial charge in [0, 0.05) is 23.3 Å². The molecule has 0 aliphatic carbocycles. The van der Waals surface area contributed by atoms with E-state index in [2.05, 4.69) is 4.98 Å². The Balaban J connectivity index is 2.02. The summed E-state index contributed by atoms with van der Waals surface area (Å²) in [5, 5.41) is 11.0. The maximum atomic E-state index is 12.7. The summed E-state index contributed by atoms with van der Waals surface area (Å²) in [4.78, 5) is 27.5. The van der Waals surface area contributed by atoms with Crippen molar-refractivity contribution in [2.24, 2.45) is 0 Å². The van der Waals surface area contributed by atoms with Crippen molar-refractivity contribution in [1.82, 2.24) is 4.98 Å². The zero-order chi connectivity index (χ0) is 16.4. The first-order valence-electron chi connectivity index (χ1n) is 6.67. The molecule has 0 aliphatic heterocycles. The van der Waals surface area contributed by atoms with Gasteiger partial charge in [0.1, 0.15) is 4.88 Å². The van der Waals surface area contributed by atoms with Crippen molar-refractivity contribution in [1.29, 1.82) is 0 Å². The normalized spacial score (nSPS) is 10.4. The van der Waals surface area contributed by atoms with Crippen molar-refractivity contribution in [2.45, 2.75) is 0 Å². The standard InChI is InChI=1S/C16H11N3O3S/c17-16-18-13(10-4-2-1-3-5-10)15(23-16)14(20)11-6-8-12(9-7-11)19(21)22/h1-9H,(H2,17,18). The number of aromatic nitrogens is 1. The van der Waals surface area contributed by atoms with Crippen LogP contribution in [0, 0.1) is 10.1 Å². The molecule has 0 bridgehead atoms. The fourth-order valence-corrected chi connectivity index (χ4v) is 2.96. The third-order valence-corrected chi connectivity index (χ3v) is 4.12. The maximum Gasteiger partial charge on any atom is 0.269 e. The van der Waals surface area contributed by atoms with Gasteiger partial charge < -0.3 is 5.73 Å². The van der Waals surface area contributed by atoms with Crippen LogP contribution in [0.25, 0.3) is 11.3 Å². The largest absolute Gasteiger partial charge is 0.375 e. The van der Waals surface area contributed by atoms with E-state index in [4.69, 9.17) is 5.73 Å². The lowest BCUT2D eigenvalue weighted by molar-refractivity contribution is -0.384. The van der Waals surface area contributed by atoms with Crippen LogP contribution in [0.2, 0.25) is 0 Å². The minimum atomic E-state index is -0.506. The zero-order valence-corrected chi connectivity index (χ0v) is 12.6. The van der Waals surface area contributed by atoms with Crippen LogP contribution in [0.4, 0.5) is 10.8 Å². The molecule has 0 spiro atoms. The average molecular weight is 325 g/mol. The molecule has 2 aromatic carbocycles. The predicted molar refractivity (Wildman–Crippen MR) is 88.5 cm³/mol. The Labute approximate surface area is 135 Å². The molecule has 3 aromatic rings. The number of hydrogen-bond acceptors (Lipinski definition) is 6. The highest BCUT2D eigenvalue weighted by atomic mass is 32.1. The van der Waals surface area contributed by atoms with Crippen LogP contribution in [0.5, 0.6) is 0 Å². The first-order chi connectivity index (χ1) is 11.1. The average Bonchev–Trinajstić information content (AvgIpc) is 2.97. The number of nitrogen functional groups attached to an aromatic ring is 1. The molecule has 6 nitrogen and oxygen atoms in total. The molecule has 0 radical (unpaired) electrons. The van der Waals surface area contributed by atoms with Crippen molar-refractivity contribution >= 4 is 27.9 Å². The van der Waals surface area contributed by atoms with E-state index in [-0.39, 0.29) is 11.5 Å². The summed E-state index contributed by atoms with van der Waals surface area (Å²) in [6.07, 6.45) is 0. The predicted octanol–water partition coefficient (Wildman–Crippen LogP) is 3.53. The number of thiazole rings is 1. The second-order valence-corrected chi connectivity index (χ2v) is 5.76. The number of nitro groups is 1. The van der Waals surface area contributed by atoms with Crippen molar-refractivity contribution in [3.8, 4) is 11.3 Å². The lowest BCUT2D eigenvalue weighted by atomic mass is 10.0. The maximum absolute atomic E-state index is 12.7. The number of benzene rings is 2. The van der Waals surface area contributed by atoms with E-state index >= 15 is 0 Å². The van der Waals surface area contributed by atoms with Gasteiger partial charge >= 0.3 is 0 Å². The lowest BCUT2D eigenvalue weighted by Crippen LogP contribution is -2.01.